The van der Waals surface area contributed by atoms with Gasteiger partial charge >= 0.3 is 5.97 Å². The molecule has 1 saturated carbocycles. The molecule has 2 aliphatic carbocycles. The normalized spacial score (nSPS) is 21.9. The first-order chi connectivity index (χ1) is 14.1. The van der Waals surface area contributed by atoms with Gasteiger partial charge in [0.25, 0.3) is 5.91 Å². The molecule has 0 aromatic heterocycles. The maximum absolute atomic E-state index is 13.0. The summed E-state index contributed by atoms with van der Waals surface area (Å²) in [5.41, 5.74) is 0.0312. The Hall–Kier alpha value is -2.70. The van der Waals surface area contributed by atoms with E-state index in [1.165, 1.54) is 13.0 Å². The Labute approximate surface area is 182 Å². The molecule has 0 saturated heterocycles. The minimum atomic E-state index is -1.21. The highest BCUT2D eigenvalue weighted by Crippen LogP contribution is 2.64. The average Bonchev–Trinajstić information content (AvgIpc) is 3.24. The lowest BCUT2D eigenvalue weighted by molar-refractivity contribution is -0.158. The molecule has 154 valence electrons. The van der Waals surface area contributed by atoms with E-state index in [1.54, 1.807) is 43.3 Å². The number of halogens is 2. The quantitative estimate of drug-likeness (QED) is 0.485. The number of hydrogen-bond donors (Lipinski definition) is 1. The fraction of sp³-hybridized carbons (Fsp3) is 0.273. The Morgan fingerprint density at radius 3 is 2.17 bits per heavy atom. The van der Waals surface area contributed by atoms with Crippen molar-refractivity contribution >= 4 is 52.3 Å². The van der Waals surface area contributed by atoms with Crippen LogP contribution in [0.15, 0.2) is 42.5 Å². The second-order valence-corrected chi connectivity index (χ2v) is 9.17. The predicted octanol–water partition coefficient (Wildman–Crippen LogP) is 3.92. The molecule has 2 atom stereocenters. The summed E-state index contributed by atoms with van der Waals surface area (Å²) in [4.78, 5) is 50.7. The van der Waals surface area contributed by atoms with Crippen molar-refractivity contribution in [1.29, 1.82) is 0 Å². The number of benzene rings is 2. The van der Waals surface area contributed by atoms with Crippen molar-refractivity contribution in [3.8, 4) is 0 Å². The van der Waals surface area contributed by atoms with Crippen molar-refractivity contribution in [2.75, 3.05) is 5.32 Å². The highest BCUT2D eigenvalue weighted by molar-refractivity contribution is 6.53. The highest BCUT2D eigenvalue weighted by Gasteiger charge is 2.69. The summed E-state index contributed by atoms with van der Waals surface area (Å²) in [6.45, 7) is 2.97. The fourth-order valence-electron chi connectivity index (χ4n) is 3.45. The SMILES string of the molecule is CC(OC(=O)C1(C)CC1(Cl)Cl)C(=O)Nc1cccc2c1C(=O)c1ccccc1C2=O. The van der Waals surface area contributed by atoms with Gasteiger partial charge in [-0.3, -0.25) is 19.2 Å². The van der Waals surface area contributed by atoms with E-state index in [0.717, 1.165) is 0 Å². The van der Waals surface area contributed by atoms with Crippen LogP contribution in [0.4, 0.5) is 5.69 Å². The molecule has 0 aliphatic heterocycles. The summed E-state index contributed by atoms with van der Waals surface area (Å²) in [6, 6.07) is 11.2. The van der Waals surface area contributed by atoms with Crippen LogP contribution in [0.3, 0.4) is 0 Å². The zero-order valence-electron chi connectivity index (χ0n) is 16.1. The molecule has 1 amide bonds. The van der Waals surface area contributed by atoms with Gasteiger partial charge in [-0.2, -0.15) is 0 Å². The number of fused-ring (bicyclic) bond motifs is 2. The number of alkyl halides is 2. The molecule has 2 unspecified atom stereocenters. The van der Waals surface area contributed by atoms with Gasteiger partial charge in [0, 0.05) is 23.1 Å². The molecule has 2 aliphatic rings. The lowest BCUT2D eigenvalue weighted by Gasteiger charge is -2.21. The Kier molecular flexibility index (Phi) is 4.75. The molecule has 2 aromatic carbocycles. The summed E-state index contributed by atoms with van der Waals surface area (Å²) < 4.78 is 4.01. The van der Waals surface area contributed by atoms with E-state index in [4.69, 9.17) is 27.9 Å². The smallest absolute Gasteiger partial charge is 0.315 e. The molecule has 6 nitrogen and oxygen atoms in total. The zero-order chi connectivity index (χ0) is 21.8. The summed E-state index contributed by atoms with van der Waals surface area (Å²) in [7, 11) is 0. The van der Waals surface area contributed by atoms with Crippen molar-refractivity contribution in [2.45, 2.75) is 30.7 Å². The van der Waals surface area contributed by atoms with Crippen molar-refractivity contribution in [3.05, 3.63) is 64.7 Å². The molecule has 0 heterocycles. The van der Waals surface area contributed by atoms with Crippen LogP contribution in [0.2, 0.25) is 0 Å². The van der Waals surface area contributed by atoms with Crippen LogP contribution < -0.4 is 5.32 Å². The first kappa shape index (κ1) is 20.6. The largest absolute Gasteiger partial charge is 0.452 e. The van der Waals surface area contributed by atoms with Crippen LogP contribution in [0.1, 0.15) is 52.1 Å². The van der Waals surface area contributed by atoms with Gasteiger partial charge in [-0.05, 0) is 19.9 Å². The van der Waals surface area contributed by atoms with E-state index in [0.29, 0.717) is 5.56 Å². The van der Waals surface area contributed by atoms with E-state index < -0.39 is 27.7 Å². The predicted molar refractivity (Wildman–Crippen MR) is 111 cm³/mol. The van der Waals surface area contributed by atoms with Crippen LogP contribution in [0, 0.1) is 5.41 Å². The second kappa shape index (κ2) is 6.93. The van der Waals surface area contributed by atoms with Crippen LogP contribution in [-0.2, 0) is 14.3 Å². The molecule has 8 heteroatoms. The number of ketones is 2. The Balaban J connectivity index is 1.56. The van der Waals surface area contributed by atoms with Crippen LogP contribution in [0.25, 0.3) is 0 Å². The molecule has 0 bridgehead atoms. The number of esters is 1. The molecule has 30 heavy (non-hydrogen) atoms. The number of anilines is 1. The van der Waals surface area contributed by atoms with Gasteiger partial charge < -0.3 is 10.1 Å². The lowest BCUT2D eigenvalue weighted by Crippen LogP contribution is -2.34. The third kappa shape index (κ3) is 3.11. The number of carbonyl (C=O) groups excluding carboxylic acids is 4. The van der Waals surface area contributed by atoms with Gasteiger partial charge in [0.05, 0.1) is 11.3 Å². The van der Waals surface area contributed by atoms with E-state index in [9.17, 15) is 19.2 Å². The maximum atomic E-state index is 13.0. The van der Waals surface area contributed by atoms with Crippen molar-refractivity contribution in [2.24, 2.45) is 5.41 Å². The van der Waals surface area contributed by atoms with Gasteiger partial charge in [0.1, 0.15) is 9.75 Å². The highest BCUT2D eigenvalue weighted by atomic mass is 35.5. The van der Waals surface area contributed by atoms with E-state index in [-0.39, 0.29) is 40.4 Å². The summed E-state index contributed by atoms with van der Waals surface area (Å²) in [5.74, 6) is -1.97. The van der Waals surface area contributed by atoms with Crippen LogP contribution in [-0.4, -0.2) is 33.9 Å². The monoisotopic (exact) mass is 445 g/mol. The first-order valence-electron chi connectivity index (χ1n) is 9.28. The van der Waals surface area contributed by atoms with E-state index in [1.807, 2.05) is 0 Å². The standard InChI is InChI=1S/C22H17Cl2NO5/c1-11(30-20(29)21(2)10-22(21,23)24)19(28)25-15-9-5-8-14-16(15)18(27)13-7-4-3-6-12(13)17(14)26/h3-9,11H,10H2,1-2H3,(H,25,28). The summed E-state index contributed by atoms with van der Waals surface area (Å²) in [5, 5.41) is 2.59. The summed E-state index contributed by atoms with van der Waals surface area (Å²) >= 11 is 12.0. The van der Waals surface area contributed by atoms with Crippen LogP contribution in [0.5, 0.6) is 0 Å². The number of ether oxygens (including phenoxy) is 1. The van der Waals surface area contributed by atoms with Gasteiger partial charge in [-0.1, -0.05) is 36.4 Å². The van der Waals surface area contributed by atoms with Gasteiger partial charge in [-0.15, -0.1) is 23.2 Å². The van der Waals surface area contributed by atoms with Gasteiger partial charge in [0.2, 0.25) is 0 Å². The third-order valence-corrected chi connectivity index (χ3v) is 6.67. The lowest BCUT2D eigenvalue weighted by atomic mass is 9.83. The van der Waals surface area contributed by atoms with Gasteiger partial charge in [0.15, 0.2) is 17.7 Å². The first-order valence-corrected chi connectivity index (χ1v) is 10.0. The number of hydrogen-bond acceptors (Lipinski definition) is 5. The molecular formula is C22H17Cl2NO5. The van der Waals surface area contributed by atoms with E-state index in [2.05, 4.69) is 5.32 Å². The Morgan fingerprint density at radius 2 is 1.57 bits per heavy atom. The number of rotatable bonds is 4. The average molecular weight is 446 g/mol. The molecule has 1 fully saturated rings. The molecule has 2 aromatic rings. The second-order valence-electron chi connectivity index (χ2n) is 7.68. The molecule has 0 radical (unpaired) electrons. The third-order valence-electron chi connectivity index (χ3n) is 5.57. The minimum Gasteiger partial charge on any atom is -0.452 e. The van der Waals surface area contributed by atoms with E-state index >= 15 is 0 Å². The minimum absolute atomic E-state index is 0.114. The Bertz CT molecular complexity index is 1130. The van der Waals surface area contributed by atoms with Crippen molar-refractivity contribution in [1.82, 2.24) is 0 Å². The molecule has 0 spiro atoms. The topological polar surface area (TPSA) is 89.5 Å². The van der Waals surface area contributed by atoms with Gasteiger partial charge in [-0.25, -0.2) is 0 Å². The number of carbonyl (C=O) groups is 4. The molecular weight excluding hydrogens is 429 g/mol. The van der Waals surface area contributed by atoms with Crippen LogP contribution >= 0.6 is 23.2 Å². The summed E-state index contributed by atoms with van der Waals surface area (Å²) in [6.07, 6.45) is -0.921. The fourth-order valence-corrected chi connectivity index (χ4v) is 4.14. The molecule has 1 N–H and O–H groups in total. The molecule has 4 rings (SSSR count). The maximum Gasteiger partial charge on any atom is 0.315 e. The van der Waals surface area contributed by atoms with Crippen molar-refractivity contribution < 1.29 is 23.9 Å². The number of amides is 1. The number of nitrogens with one attached hydrogen (secondary N) is 1. The Morgan fingerprint density at radius 1 is 1.00 bits per heavy atom. The zero-order valence-corrected chi connectivity index (χ0v) is 17.6. The van der Waals surface area contributed by atoms with Crippen molar-refractivity contribution in [3.63, 3.8) is 0 Å².